The lowest BCUT2D eigenvalue weighted by Crippen LogP contribution is -2.12. The Kier molecular flexibility index (Phi) is 5.57. The lowest BCUT2D eigenvalue weighted by molar-refractivity contribution is 0.102. The Morgan fingerprint density at radius 1 is 0.933 bits per heavy atom. The third kappa shape index (κ3) is 4.22. The molecule has 1 N–H and O–H groups in total. The fraction of sp³-hybridized carbons (Fsp3) is 0.125. The van der Waals surface area contributed by atoms with Gasteiger partial charge in [0.05, 0.1) is 12.3 Å². The first-order chi connectivity index (χ1) is 14.6. The quantitative estimate of drug-likeness (QED) is 0.472. The highest BCUT2D eigenvalue weighted by Crippen LogP contribution is 2.26. The number of nitrogens with one attached hydrogen (secondary N) is 1. The molecule has 1 heterocycles. The molecule has 0 fully saturated rings. The summed E-state index contributed by atoms with van der Waals surface area (Å²) in [6, 6.07) is 22.3. The molecule has 0 radical (unpaired) electrons. The minimum absolute atomic E-state index is 0.223. The van der Waals surface area contributed by atoms with Crippen LogP contribution < -0.4 is 10.1 Å². The van der Waals surface area contributed by atoms with Crippen LogP contribution in [0.1, 0.15) is 22.8 Å². The van der Waals surface area contributed by atoms with Gasteiger partial charge in [0, 0.05) is 16.7 Å². The monoisotopic (exact) mass is 399 g/mol. The maximum Gasteiger partial charge on any atom is 0.255 e. The average Bonchev–Trinajstić information content (AvgIpc) is 3.26. The molecule has 6 heteroatoms. The molecule has 0 bridgehead atoms. The Morgan fingerprint density at radius 2 is 1.67 bits per heavy atom. The lowest BCUT2D eigenvalue weighted by Gasteiger charge is -2.11. The van der Waals surface area contributed by atoms with Crippen molar-refractivity contribution < 1.29 is 13.9 Å². The van der Waals surface area contributed by atoms with Crippen LogP contribution in [0.25, 0.3) is 22.9 Å². The average molecular weight is 399 g/mol. The first kappa shape index (κ1) is 19.4. The summed E-state index contributed by atoms with van der Waals surface area (Å²) in [4.78, 5) is 12.6. The number of hydrogen-bond acceptors (Lipinski definition) is 5. The highest BCUT2D eigenvalue weighted by atomic mass is 16.5. The van der Waals surface area contributed by atoms with Gasteiger partial charge >= 0.3 is 0 Å². The Balaban J connectivity index is 1.50. The van der Waals surface area contributed by atoms with Crippen LogP contribution >= 0.6 is 0 Å². The molecule has 0 spiro atoms. The van der Waals surface area contributed by atoms with E-state index in [9.17, 15) is 4.79 Å². The van der Waals surface area contributed by atoms with Gasteiger partial charge in [-0.1, -0.05) is 29.8 Å². The molecule has 0 aliphatic carbocycles. The summed E-state index contributed by atoms with van der Waals surface area (Å²) in [6.45, 7) is 4.44. The van der Waals surface area contributed by atoms with Crippen LogP contribution in [0.4, 0.5) is 5.69 Å². The van der Waals surface area contributed by atoms with Gasteiger partial charge in [-0.05, 0) is 62.4 Å². The van der Waals surface area contributed by atoms with E-state index >= 15 is 0 Å². The number of aromatic nitrogens is 2. The molecule has 4 rings (SSSR count). The fourth-order valence-electron chi connectivity index (χ4n) is 3.04. The number of nitrogens with zero attached hydrogens (tertiary/aromatic N) is 2. The first-order valence-corrected chi connectivity index (χ1v) is 9.68. The summed E-state index contributed by atoms with van der Waals surface area (Å²) in [6.07, 6.45) is 0. The van der Waals surface area contributed by atoms with Gasteiger partial charge in [-0.2, -0.15) is 0 Å². The van der Waals surface area contributed by atoms with Crippen LogP contribution in [0, 0.1) is 6.92 Å². The molecule has 0 aliphatic rings. The van der Waals surface area contributed by atoms with Crippen molar-refractivity contribution >= 4 is 11.6 Å². The Morgan fingerprint density at radius 3 is 2.40 bits per heavy atom. The number of benzene rings is 3. The third-order valence-electron chi connectivity index (χ3n) is 4.52. The molecule has 1 aromatic heterocycles. The van der Waals surface area contributed by atoms with E-state index in [0.717, 1.165) is 16.7 Å². The molecule has 3 aromatic carbocycles. The van der Waals surface area contributed by atoms with Crippen molar-refractivity contribution in [3.05, 3.63) is 83.9 Å². The van der Waals surface area contributed by atoms with Gasteiger partial charge in [-0.3, -0.25) is 4.79 Å². The van der Waals surface area contributed by atoms with Gasteiger partial charge in [-0.25, -0.2) is 0 Å². The van der Waals surface area contributed by atoms with Gasteiger partial charge < -0.3 is 14.5 Å². The lowest BCUT2D eigenvalue weighted by atomic mass is 10.1. The second-order valence-corrected chi connectivity index (χ2v) is 6.74. The summed E-state index contributed by atoms with van der Waals surface area (Å²) in [5.74, 6) is 1.28. The predicted octanol–water partition coefficient (Wildman–Crippen LogP) is 5.36. The minimum Gasteiger partial charge on any atom is -0.492 e. The van der Waals surface area contributed by atoms with Crippen LogP contribution in [0.2, 0.25) is 0 Å². The van der Waals surface area contributed by atoms with E-state index in [1.165, 1.54) is 0 Å². The Hall–Kier alpha value is -3.93. The number of rotatable bonds is 6. The molecule has 1 amide bonds. The standard InChI is InChI=1S/C24H21N3O3/c1-3-29-21-10-5-4-9-20(21)25-22(28)17-11-13-18(14-12-17)23-26-27-24(30-23)19-8-6-7-16(2)15-19/h4-15H,3H2,1-2H3,(H,25,28). The zero-order valence-electron chi connectivity index (χ0n) is 16.8. The number of carbonyl (C=O) groups is 1. The molecule has 0 unspecified atom stereocenters. The van der Waals surface area contributed by atoms with Crippen LogP contribution in [-0.2, 0) is 0 Å². The zero-order chi connectivity index (χ0) is 20.9. The zero-order valence-corrected chi connectivity index (χ0v) is 16.8. The summed E-state index contributed by atoms with van der Waals surface area (Å²) in [7, 11) is 0. The van der Waals surface area contributed by atoms with Crippen LogP contribution in [0.15, 0.2) is 77.2 Å². The SMILES string of the molecule is CCOc1ccccc1NC(=O)c1ccc(-c2nnc(-c3cccc(C)c3)o2)cc1. The second kappa shape index (κ2) is 8.61. The van der Waals surface area contributed by atoms with Gasteiger partial charge in [-0.15, -0.1) is 10.2 Å². The Bertz CT molecular complexity index is 1170. The molecular weight excluding hydrogens is 378 g/mol. The molecule has 0 saturated heterocycles. The van der Waals surface area contributed by atoms with Crippen LogP contribution in [-0.4, -0.2) is 22.7 Å². The van der Waals surface area contributed by atoms with Crippen LogP contribution in [0.5, 0.6) is 5.75 Å². The molecule has 0 saturated carbocycles. The third-order valence-corrected chi connectivity index (χ3v) is 4.52. The molecular formula is C24H21N3O3. The van der Waals surface area contributed by atoms with Crippen molar-refractivity contribution in [1.29, 1.82) is 0 Å². The first-order valence-electron chi connectivity index (χ1n) is 9.68. The van der Waals surface area contributed by atoms with Gasteiger partial charge in [0.1, 0.15) is 5.75 Å². The number of hydrogen-bond donors (Lipinski definition) is 1. The maximum absolute atomic E-state index is 12.6. The molecule has 4 aromatic rings. The van der Waals surface area contributed by atoms with Crippen molar-refractivity contribution in [2.24, 2.45) is 0 Å². The van der Waals surface area contributed by atoms with E-state index in [1.54, 1.807) is 24.3 Å². The molecule has 0 aliphatic heterocycles. The predicted molar refractivity (Wildman–Crippen MR) is 115 cm³/mol. The van der Waals surface area contributed by atoms with Gasteiger partial charge in [0.2, 0.25) is 11.8 Å². The smallest absolute Gasteiger partial charge is 0.255 e. The van der Waals surface area contributed by atoms with Crippen molar-refractivity contribution in [3.63, 3.8) is 0 Å². The summed E-state index contributed by atoms with van der Waals surface area (Å²) in [5.41, 5.74) is 3.88. The van der Waals surface area contributed by atoms with E-state index in [0.29, 0.717) is 35.4 Å². The van der Waals surface area contributed by atoms with E-state index < -0.39 is 0 Å². The van der Waals surface area contributed by atoms with Gasteiger partial charge in [0.25, 0.3) is 5.91 Å². The van der Waals surface area contributed by atoms with Gasteiger partial charge in [0.15, 0.2) is 0 Å². The number of ether oxygens (including phenoxy) is 1. The van der Waals surface area contributed by atoms with E-state index in [2.05, 4.69) is 15.5 Å². The number of anilines is 1. The summed E-state index contributed by atoms with van der Waals surface area (Å²) >= 11 is 0. The van der Waals surface area contributed by atoms with Crippen molar-refractivity contribution in [2.75, 3.05) is 11.9 Å². The normalized spacial score (nSPS) is 10.6. The topological polar surface area (TPSA) is 77.2 Å². The molecule has 0 atom stereocenters. The maximum atomic E-state index is 12.6. The van der Waals surface area contributed by atoms with Crippen molar-refractivity contribution in [2.45, 2.75) is 13.8 Å². The number of amides is 1. The highest BCUT2D eigenvalue weighted by molar-refractivity contribution is 6.05. The number of carbonyl (C=O) groups excluding carboxylic acids is 1. The number of aryl methyl sites for hydroxylation is 1. The van der Waals surface area contributed by atoms with E-state index in [1.807, 2.05) is 62.4 Å². The van der Waals surface area contributed by atoms with E-state index in [-0.39, 0.29) is 5.91 Å². The summed E-state index contributed by atoms with van der Waals surface area (Å²) in [5, 5.41) is 11.2. The summed E-state index contributed by atoms with van der Waals surface area (Å²) < 4.78 is 11.4. The van der Waals surface area contributed by atoms with E-state index in [4.69, 9.17) is 9.15 Å². The second-order valence-electron chi connectivity index (χ2n) is 6.74. The number of para-hydroxylation sites is 2. The molecule has 6 nitrogen and oxygen atoms in total. The van der Waals surface area contributed by atoms with Crippen molar-refractivity contribution in [3.8, 4) is 28.7 Å². The Labute approximate surface area is 174 Å². The molecule has 30 heavy (non-hydrogen) atoms. The van der Waals surface area contributed by atoms with Crippen molar-refractivity contribution in [1.82, 2.24) is 10.2 Å². The highest BCUT2D eigenvalue weighted by Gasteiger charge is 2.13. The fourth-order valence-corrected chi connectivity index (χ4v) is 3.04. The van der Waals surface area contributed by atoms with Crippen LogP contribution in [0.3, 0.4) is 0 Å². The minimum atomic E-state index is -0.223. The molecule has 150 valence electrons. The largest absolute Gasteiger partial charge is 0.492 e.